The summed E-state index contributed by atoms with van der Waals surface area (Å²) in [4.78, 5) is 0. The summed E-state index contributed by atoms with van der Waals surface area (Å²) < 4.78 is 10.5. The fraction of sp³-hybridized carbons (Fsp3) is 0.750. The van der Waals surface area contributed by atoms with E-state index in [1.165, 1.54) is 11.3 Å². The first-order chi connectivity index (χ1) is 6.86. The van der Waals surface area contributed by atoms with Crippen molar-refractivity contribution >= 4 is 11.3 Å². The minimum absolute atomic E-state index is 0.530. The van der Waals surface area contributed by atoms with Gasteiger partial charge < -0.3 is 14.8 Å². The van der Waals surface area contributed by atoms with Crippen LogP contribution >= 0.6 is 11.3 Å². The minimum atomic E-state index is 0.530. The Kier molecular flexibility index (Phi) is 5.43. The second-order valence-corrected chi connectivity index (χ2v) is 3.56. The van der Waals surface area contributed by atoms with E-state index in [4.69, 9.17) is 9.47 Å². The molecule has 0 bridgehead atoms. The highest BCUT2D eigenvalue weighted by Crippen LogP contribution is 2.16. The summed E-state index contributed by atoms with van der Waals surface area (Å²) >= 11 is 1.45. The van der Waals surface area contributed by atoms with Gasteiger partial charge >= 0.3 is 0 Å². The van der Waals surface area contributed by atoms with Gasteiger partial charge in [0.2, 0.25) is 0 Å². The predicted octanol–water partition coefficient (Wildman–Crippen LogP) is 0.673. The largest absolute Gasteiger partial charge is 0.466 e. The summed E-state index contributed by atoms with van der Waals surface area (Å²) in [7, 11) is 1.87. The molecular weight excluding hydrogens is 202 g/mol. The number of nitrogens with zero attached hydrogens (tertiary/aromatic N) is 2. The van der Waals surface area contributed by atoms with Crippen LogP contribution in [0.2, 0.25) is 0 Å². The third-order valence-electron chi connectivity index (χ3n) is 1.43. The van der Waals surface area contributed by atoms with E-state index in [1.807, 2.05) is 14.0 Å². The Hall–Kier alpha value is -0.720. The van der Waals surface area contributed by atoms with Gasteiger partial charge in [-0.1, -0.05) is 11.3 Å². The van der Waals surface area contributed by atoms with Gasteiger partial charge in [-0.3, -0.25) is 0 Å². The average molecular weight is 217 g/mol. The Morgan fingerprint density at radius 3 is 2.93 bits per heavy atom. The molecule has 1 aromatic rings. The topological polar surface area (TPSA) is 56.3 Å². The Balaban J connectivity index is 2.22. The van der Waals surface area contributed by atoms with Crippen LogP contribution in [-0.2, 0) is 11.3 Å². The Morgan fingerprint density at radius 2 is 2.21 bits per heavy atom. The highest BCUT2D eigenvalue weighted by atomic mass is 32.1. The smallest absolute Gasteiger partial charge is 0.294 e. The van der Waals surface area contributed by atoms with Crippen molar-refractivity contribution in [2.45, 2.75) is 13.5 Å². The van der Waals surface area contributed by atoms with E-state index in [0.717, 1.165) is 11.6 Å². The molecule has 1 rings (SSSR count). The monoisotopic (exact) mass is 217 g/mol. The second-order valence-electron chi connectivity index (χ2n) is 2.54. The Labute approximate surface area is 87.4 Å². The normalized spacial score (nSPS) is 10.4. The standard InChI is InChI=1S/C8H15N3O2S/c1-3-12-4-5-13-8-11-10-7(14-8)6-9-2/h9H,3-6H2,1-2H3. The lowest BCUT2D eigenvalue weighted by atomic mass is 10.7. The molecule has 0 saturated heterocycles. The Bertz CT molecular complexity index is 254. The Morgan fingerprint density at radius 1 is 1.36 bits per heavy atom. The molecule has 0 aliphatic carbocycles. The maximum absolute atomic E-state index is 5.33. The van der Waals surface area contributed by atoms with Crippen LogP contribution in [0.15, 0.2) is 0 Å². The molecule has 14 heavy (non-hydrogen) atoms. The van der Waals surface area contributed by atoms with E-state index in [0.29, 0.717) is 25.0 Å². The van der Waals surface area contributed by atoms with Crippen LogP contribution in [0.3, 0.4) is 0 Å². The van der Waals surface area contributed by atoms with E-state index >= 15 is 0 Å². The maximum atomic E-state index is 5.33. The van der Waals surface area contributed by atoms with Gasteiger partial charge in [0.1, 0.15) is 11.6 Å². The highest BCUT2D eigenvalue weighted by Gasteiger charge is 2.03. The maximum Gasteiger partial charge on any atom is 0.294 e. The highest BCUT2D eigenvalue weighted by molar-refractivity contribution is 7.13. The first-order valence-corrected chi connectivity index (χ1v) is 5.36. The molecule has 0 unspecified atom stereocenters. The van der Waals surface area contributed by atoms with Gasteiger partial charge in [0.05, 0.1) is 6.61 Å². The zero-order chi connectivity index (χ0) is 10.2. The summed E-state index contributed by atoms with van der Waals surface area (Å²) in [5.41, 5.74) is 0. The van der Waals surface area contributed by atoms with Gasteiger partial charge in [-0.25, -0.2) is 0 Å². The van der Waals surface area contributed by atoms with Crippen LogP contribution in [0.1, 0.15) is 11.9 Å². The molecule has 6 heteroatoms. The summed E-state index contributed by atoms with van der Waals surface area (Å²) in [6.45, 7) is 4.52. The zero-order valence-corrected chi connectivity index (χ0v) is 9.26. The molecule has 0 spiro atoms. The molecule has 1 aromatic heterocycles. The van der Waals surface area contributed by atoms with Gasteiger partial charge in [-0.2, -0.15) is 0 Å². The van der Waals surface area contributed by atoms with E-state index in [1.54, 1.807) is 0 Å². The molecular formula is C8H15N3O2S. The van der Waals surface area contributed by atoms with Crippen molar-refractivity contribution in [3.8, 4) is 5.19 Å². The lowest BCUT2D eigenvalue weighted by molar-refractivity contribution is 0.110. The zero-order valence-electron chi connectivity index (χ0n) is 8.45. The van der Waals surface area contributed by atoms with Crippen LogP contribution in [0.25, 0.3) is 0 Å². The predicted molar refractivity (Wildman–Crippen MR) is 54.7 cm³/mol. The van der Waals surface area contributed by atoms with Crippen molar-refractivity contribution in [1.82, 2.24) is 15.5 Å². The van der Waals surface area contributed by atoms with Gasteiger partial charge in [0.25, 0.3) is 5.19 Å². The molecule has 1 N–H and O–H groups in total. The molecule has 0 atom stereocenters. The third kappa shape index (κ3) is 3.99. The van der Waals surface area contributed by atoms with Crippen molar-refractivity contribution in [3.63, 3.8) is 0 Å². The van der Waals surface area contributed by atoms with E-state index < -0.39 is 0 Å². The van der Waals surface area contributed by atoms with Gasteiger partial charge in [0.15, 0.2) is 0 Å². The number of rotatable bonds is 7. The summed E-state index contributed by atoms with van der Waals surface area (Å²) in [5.74, 6) is 0. The fourth-order valence-electron chi connectivity index (χ4n) is 0.851. The molecule has 0 aliphatic heterocycles. The molecule has 0 aromatic carbocycles. The first-order valence-electron chi connectivity index (χ1n) is 4.54. The average Bonchev–Trinajstić information content (AvgIpc) is 2.61. The molecule has 0 saturated carbocycles. The van der Waals surface area contributed by atoms with Gasteiger partial charge in [-0.15, -0.1) is 10.2 Å². The quantitative estimate of drug-likeness (QED) is 0.680. The fourth-order valence-corrected chi connectivity index (χ4v) is 1.58. The third-order valence-corrected chi connectivity index (χ3v) is 2.27. The molecule has 5 nitrogen and oxygen atoms in total. The van der Waals surface area contributed by atoms with Crippen LogP contribution < -0.4 is 10.1 Å². The molecule has 80 valence electrons. The number of ether oxygens (including phenoxy) is 2. The van der Waals surface area contributed by atoms with Crippen LogP contribution in [0.5, 0.6) is 5.19 Å². The van der Waals surface area contributed by atoms with Crippen LogP contribution in [0.4, 0.5) is 0 Å². The first kappa shape index (κ1) is 11.4. The molecule has 0 aliphatic rings. The van der Waals surface area contributed by atoms with E-state index in [9.17, 15) is 0 Å². The summed E-state index contributed by atoms with van der Waals surface area (Å²) in [6, 6.07) is 0. The molecule has 0 amide bonds. The van der Waals surface area contributed by atoms with Crippen molar-refractivity contribution in [1.29, 1.82) is 0 Å². The van der Waals surface area contributed by atoms with Crippen LogP contribution in [0, 0.1) is 0 Å². The number of hydrogen-bond donors (Lipinski definition) is 1. The number of nitrogens with one attached hydrogen (secondary N) is 1. The van der Waals surface area contributed by atoms with Crippen molar-refractivity contribution in [3.05, 3.63) is 5.01 Å². The lowest BCUT2D eigenvalue weighted by Gasteiger charge is -2.00. The SMILES string of the molecule is CCOCCOc1nnc(CNC)s1. The lowest BCUT2D eigenvalue weighted by Crippen LogP contribution is -2.05. The van der Waals surface area contributed by atoms with E-state index in [-0.39, 0.29) is 0 Å². The van der Waals surface area contributed by atoms with Gasteiger partial charge in [-0.05, 0) is 14.0 Å². The van der Waals surface area contributed by atoms with Crippen LogP contribution in [-0.4, -0.2) is 37.1 Å². The molecule has 0 fully saturated rings. The van der Waals surface area contributed by atoms with E-state index in [2.05, 4.69) is 15.5 Å². The van der Waals surface area contributed by atoms with Crippen molar-refractivity contribution in [2.75, 3.05) is 26.9 Å². The van der Waals surface area contributed by atoms with Crippen molar-refractivity contribution < 1.29 is 9.47 Å². The number of aromatic nitrogens is 2. The molecule has 0 radical (unpaired) electrons. The van der Waals surface area contributed by atoms with Gasteiger partial charge in [0, 0.05) is 13.2 Å². The summed E-state index contributed by atoms with van der Waals surface area (Å²) in [5, 5.41) is 12.4. The molecule has 1 heterocycles. The minimum Gasteiger partial charge on any atom is -0.466 e. The summed E-state index contributed by atoms with van der Waals surface area (Å²) in [6.07, 6.45) is 0. The number of hydrogen-bond acceptors (Lipinski definition) is 6. The second kappa shape index (κ2) is 6.69. The van der Waals surface area contributed by atoms with Crippen molar-refractivity contribution in [2.24, 2.45) is 0 Å².